The molecule has 136 valence electrons. The second-order valence-corrected chi connectivity index (χ2v) is 8.25. The van der Waals surface area contributed by atoms with Crippen LogP contribution in [0.5, 0.6) is 11.5 Å². The molecule has 1 aliphatic rings. The zero-order valence-corrected chi connectivity index (χ0v) is 17.8. The van der Waals surface area contributed by atoms with Gasteiger partial charge in [-0.3, -0.25) is 4.98 Å². The van der Waals surface area contributed by atoms with Crippen LogP contribution < -0.4 is 9.64 Å². The third-order valence-electron chi connectivity index (χ3n) is 4.63. The fourth-order valence-corrected chi connectivity index (χ4v) is 4.03. The first kappa shape index (κ1) is 17.5. The molecule has 0 fully saturated rings. The van der Waals surface area contributed by atoms with E-state index in [9.17, 15) is 0 Å². The summed E-state index contributed by atoms with van der Waals surface area (Å²) in [6, 6.07) is 26.6. The van der Waals surface area contributed by atoms with Crippen molar-refractivity contribution in [1.82, 2.24) is 4.98 Å². The van der Waals surface area contributed by atoms with Crippen LogP contribution in [0.2, 0.25) is 0 Å². The molecule has 5 heteroatoms. The van der Waals surface area contributed by atoms with Gasteiger partial charge in [0.1, 0.15) is 0 Å². The molecule has 0 N–H and O–H groups in total. The summed E-state index contributed by atoms with van der Waals surface area (Å²) >= 11 is 7.08. The molecule has 0 amide bonds. The molecule has 3 nitrogen and oxygen atoms in total. The van der Waals surface area contributed by atoms with Crippen LogP contribution in [0, 0.1) is 0 Å². The van der Waals surface area contributed by atoms with Crippen LogP contribution in [-0.4, -0.2) is 4.98 Å². The molecule has 2 heterocycles. The number of benzene rings is 3. The van der Waals surface area contributed by atoms with Crippen LogP contribution in [-0.2, 0) is 0 Å². The van der Waals surface area contributed by atoms with E-state index in [1.165, 1.54) is 0 Å². The molecule has 28 heavy (non-hydrogen) atoms. The Kier molecular flexibility index (Phi) is 4.41. The maximum atomic E-state index is 6.17. The molecular weight excluding hydrogens is 480 g/mol. The zero-order chi connectivity index (χ0) is 19.1. The smallest absolute Gasteiger partial charge is 0.152 e. The predicted molar refractivity (Wildman–Crippen MR) is 120 cm³/mol. The van der Waals surface area contributed by atoms with Crippen LogP contribution in [0.15, 0.2) is 94.0 Å². The first-order chi connectivity index (χ1) is 13.7. The number of anilines is 3. The molecule has 0 bridgehead atoms. The van der Waals surface area contributed by atoms with E-state index < -0.39 is 0 Å². The van der Waals surface area contributed by atoms with Gasteiger partial charge in [0.2, 0.25) is 0 Å². The molecule has 0 saturated carbocycles. The maximum absolute atomic E-state index is 6.17. The Morgan fingerprint density at radius 2 is 1.36 bits per heavy atom. The Bertz CT molecular complexity index is 1110. The summed E-state index contributed by atoms with van der Waals surface area (Å²) in [5.41, 5.74) is 5.12. The molecule has 1 aliphatic heterocycles. The minimum absolute atomic E-state index is 0.814. The van der Waals surface area contributed by atoms with Gasteiger partial charge in [0.25, 0.3) is 0 Å². The number of hydrogen-bond donors (Lipinski definition) is 0. The lowest BCUT2D eigenvalue weighted by molar-refractivity contribution is 0.476. The van der Waals surface area contributed by atoms with Gasteiger partial charge < -0.3 is 9.64 Å². The summed E-state index contributed by atoms with van der Waals surface area (Å²) in [4.78, 5) is 6.66. The second-order valence-electron chi connectivity index (χ2n) is 6.42. The van der Waals surface area contributed by atoms with Gasteiger partial charge in [0.05, 0.1) is 17.1 Å². The molecule has 5 rings (SSSR count). The Morgan fingerprint density at radius 1 is 0.714 bits per heavy atom. The molecule has 0 unspecified atom stereocenters. The van der Waals surface area contributed by atoms with E-state index in [0.717, 1.165) is 48.8 Å². The zero-order valence-electron chi connectivity index (χ0n) is 14.6. The Morgan fingerprint density at radius 3 is 1.93 bits per heavy atom. The normalized spacial score (nSPS) is 12.1. The summed E-state index contributed by atoms with van der Waals surface area (Å²) in [5.74, 6) is 1.63. The average Bonchev–Trinajstić information content (AvgIpc) is 2.72. The van der Waals surface area contributed by atoms with Gasteiger partial charge in [-0.05, 0) is 60.7 Å². The van der Waals surface area contributed by atoms with E-state index >= 15 is 0 Å². The maximum Gasteiger partial charge on any atom is 0.152 e. The summed E-state index contributed by atoms with van der Waals surface area (Å²) < 4.78 is 8.14. The standard InChI is InChI=1S/C23H14Br2N2O/c24-16-6-10-20-22(13-16)28-23-14-17(25)7-11-21(23)27(20)18-8-4-15(5-9-18)19-3-1-2-12-26-19/h1-14H. The van der Waals surface area contributed by atoms with Crippen molar-refractivity contribution in [1.29, 1.82) is 0 Å². The van der Waals surface area contributed by atoms with Gasteiger partial charge in [0, 0.05) is 26.4 Å². The summed E-state index contributed by atoms with van der Waals surface area (Å²) in [6.45, 7) is 0. The summed E-state index contributed by atoms with van der Waals surface area (Å²) in [7, 11) is 0. The van der Waals surface area contributed by atoms with Crippen molar-refractivity contribution in [3.8, 4) is 22.8 Å². The number of fused-ring (bicyclic) bond motifs is 2. The Hall–Kier alpha value is -2.63. The number of rotatable bonds is 2. The fourth-order valence-electron chi connectivity index (χ4n) is 3.35. The van der Waals surface area contributed by atoms with Crippen LogP contribution in [0.1, 0.15) is 0 Å². The van der Waals surface area contributed by atoms with E-state index in [4.69, 9.17) is 4.74 Å². The molecular formula is C23H14Br2N2O. The monoisotopic (exact) mass is 492 g/mol. The molecule has 0 saturated heterocycles. The van der Waals surface area contributed by atoms with Gasteiger partial charge in [-0.2, -0.15) is 0 Å². The minimum Gasteiger partial charge on any atom is -0.453 e. The number of hydrogen-bond acceptors (Lipinski definition) is 3. The first-order valence-electron chi connectivity index (χ1n) is 8.77. The lowest BCUT2D eigenvalue weighted by Gasteiger charge is -2.33. The fraction of sp³-hybridized carbons (Fsp3) is 0. The van der Waals surface area contributed by atoms with E-state index in [1.54, 1.807) is 0 Å². The van der Waals surface area contributed by atoms with Gasteiger partial charge in [0.15, 0.2) is 11.5 Å². The number of aromatic nitrogens is 1. The van der Waals surface area contributed by atoms with Crippen molar-refractivity contribution in [3.05, 3.63) is 94.0 Å². The molecule has 0 spiro atoms. The SMILES string of the molecule is Brc1ccc2c(c1)Oc1cc(Br)ccc1N2c1ccc(-c2ccccn2)cc1. The van der Waals surface area contributed by atoms with Crippen LogP contribution in [0.4, 0.5) is 17.1 Å². The van der Waals surface area contributed by atoms with E-state index in [-0.39, 0.29) is 0 Å². The molecule has 1 aromatic heterocycles. The average molecular weight is 494 g/mol. The Balaban J connectivity index is 1.63. The van der Waals surface area contributed by atoms with Crippen molar-refractivity contribution >= 4 is 48.9 Å². The van der Waals surface area contributed by atoms with Gasteiger partial charge >= 0.3 is 0 Å². The highest BCUT2D eigenvalue weighted by molar-refractivity contribution is 9.10. The third-order valence-corrected chi connectivity index (χ3v) is 5.62. The van der Waals surface area contributed by atoms with Gasteiger partial charge in [-0.1, -0.05) is 50.1 Å². The summed E-state index contributed by atoms with van der Waals surface area (Å²) in [6.07, 6.45) is 1.81. The van der Waals surface area contributed by atoms with Crippen LogP contribution in [0.3, 0.4) is 0 Å². The molecule has 4 aromatic rings. The van der Waals surface area contributed by atoms with Gasteiger partial charge in [-0.15, -0.1) is 0 Å². The quantitative estimate of drug-likeness (QED) is 0.250. The van der Waals surface area contributed by atoms with Crippen molar-refractivity contribution < 1.29 is 4.74 Å². The number of halogens is 2. The first-order valence-corrected chi connectivity index (χ1v) is 10.4. The van der Waals surface area contributed by atoms with Crippen LogP contribution >= 0.6 is 31.9 Å². The number of nitrogens with zero attached hydrogens (tertiary/aromatic N) is 2. The third kappa shape index (κ3) is 3.11. The largest absolute Gasteiger partial charge is 0.453 e. The van der Waals surface area contributed by atoms with E-state index in [1.807, 2.05) is 48.7 Å². The van der Waals surface area contributed by atoms with E-state index in [2.05, 4.69) is 78.1 Å². The van der Waals surface area contributed by atoms with E-state index in [0.29, 0.717) is 0 Å². The lowest BCUT2D eigenvalue weighted by Crippen LogP contribution is -2.15. The van der Waals surface area contributed by atoms with Crippen molar-refractivity contribution in [3.63, 3.8) is 0 Å². The van der Waals surface area contributed by atoms with Crippen molar-refractivity contribution in [2.45, 2.75) is 0 Å². The highest BCUT2D eigenvalue weighted by atomic mass is 79.9. The second kappa shape index (κ2) is 7.08. The predicted octanol–water partition coefficient (Wildman–Crippen LogP) is 7.85. The molecule has 0 radical (unpaired) electrons. The minimum atomic E-state index is 0.814. The van der Waals surface area contributed by atoms with Crippen molar-refractivity contribution in [2.75, 3.05) is 4.90 Å². The number of pyridine rings is 1. The van der Waals surface area contributed by atoms with Crippen molar-refractivity contribution in [2.24, 2.45) is 0 Å². The van der Waals surface area contributed by atoms with Gasteiger partial charge in [-0.25, -0.2) is 0 Å². The summed E-state index contributed by atoms with van der Waals surface area (Å²) in [5, 5.41) is 0. The van der Waals surface area contributed by atoms with Crippen LogP contribution in [0.25, 0.3) is 11.3 Å². The topological polar surface area (TPSA) is 25.4 Å². The highest BCUT2D eigenvalue weighted by Crippen LogP contribution is 2.51. The molecule has 0 atom stereocenters. The highest BCUT2D eigenvalue weighted by Gasteiger charge is 2.26. The number of ether oxygens (including phenoxy) is 1. The molecule has 0 aliphatic carbocycles. The molecule has 3 aromatic carbocycles. The lowest BCUT2D eigenvalue weighted by atomic mass is 10.1. The Labute approximate surface area is 179 Å².